The van der Waals surface area contributed by atoms with Gasteiger partial charge in [0.05, 0.1) is 28.3 Å². The summed E-state index contributed by atoms with van der Waals surface area (Å²) in [6.45, 7) is 3.84. The van der Waals surface area contributed by atoms with Gasteiger partial charge in [-0.1, -0.05) is 36.0 Å². The summed E-state index contributed by atoms with van der Waals surface area (Å²) in [5, 5.41) is 9.57. The molecule has 0 heterocycles. The van der Waals surface area contributed by atoms with E-state index in [-0.39, 0.29) is 17.9 Å². The smallest absolute Gasteiger partial charge is 0.303 e. The van der Waals surface area contributed by atoms with Crippen LogP contribution in [0.15, 0.2) is 12.1 Å². The Morgan fingerprint density at radius 3 is 2.40 bits per heavy atom. The van der Waals surface area contributed by atoms with E-state index < -0.39 is 5.97 Å². The molecule has 3 N–H and O–H groups in total. The van der Waals surface area contributed by atoms with E-state index in [4.69, 9.17) is 38.8 Å². The van der Waals surface area contributed by atoms with Gasteiger partial charge in [0, 0.05) is 12.5 Å². The van der Waals surface area contributed by atoms with E-state index in [1.54, 1.807) is 12.1 Å². The minimum atomic E-state index is -0.779. The van der Waals surface area contributed by atoms with Crippen LogP contribution in [0.5, 0.6) is 5.75 Å². The van der Waals surface area contributed by atoms with Gasteiger partial charge in [0.15, 0.2) is 0 Å². The van der Waals surface area contributed by atoms with Gasteiger partial charge in [-0.3, -0.25) is 4.79 Å². The second kappa shape index (κ2) is 9.88. The number of benzene rings is 1. The number of halogens is 2. The molecule has 140 valence electrons. The molecule has 5 nitrogen and oxygen atoms in total. The van der Waals surface area contributed by atoms with Crippen molar-refractivity contribution in [3.8, 4) is 5.75 Å². The van der Waals surface area contributed by atoms with E-state index in [9.17, 15) is 9.59 Å². The molecule has 7 heteroatoms. The number of carbonyl (C=O) groups is 2. The van der Waals surface area contributed by atoms with Gasteiger partial charge in [-0.05, 0) is 38.2 Å². The lowest BCUT2D eigenvalue weighted by atomic mass is 9.80. The first-order valence-electron chi connectivity index (χ1n) is 8.26. The highest BCUT2D eigenvalue weighted by molar-refractivity contribution is 6.37. The van der Waals surface area contributed by atoms with Crippen LogP contribution in [-0.2, 0) is 9.59 Å². The Morgan fingerprint density at radius 1 is 1.32 bits per heavy atom. The molecule has 0 unspecified atom stereocenters. The van der Waals surface area contributed by atoms with E-state index in [0.717, 1.165) is 32.0 Å². The summed E-state index contributed by atoms with van der Waals surface area (Å²) in [5.74, 6) is -0.211. The summed E-state index contributed by atoms with van der Waals surface area (Å²) < 4.78 is 5.41. The van der Waals surface area contributed by atoms with E-state index >= 15 is 0 Å². The molecule has 1 saturated carbocycles. The van der Waals surface area contributed by atoms with Crippen LogP contribution in [0.25, 0.3) is 0 Å². The quantitative estimate of drug-likeness (QED) is 0.529. The summed E-state index contributed by atoms with van der Waals surface area (Å²) in [6, 6.07) is 3.21. The van der Waals surface area contributed by atoms with Crippen LogP contribution in [0.1, 0.15) is 52.4 Å². The van der Waals surface area contributed by atoms with Crippen LogP contribution in [0.4, 0.5) is 5.69 Å². The lowest BCUT2D eigenvalue weighted by molar-refractivity contribution is -0.139. The van der Waals surface area contributed by atoms with Crippen LogP contribution in [0, 0.1) is 5.41 Å². The average Bonchev–Trinajstić information content (AvgIpc) is 2.93. The number of anilines is 1. The molecule has 0 aliphatic heterocycles. The van der Waals surface area contributed by atoms with Crippen LogP contribution in [-0.4, -0.2) is 23.5 Å². The molecule has 0 radical (unpaired) electrons. The van der Waals surface area contributed by atoms with Crippen molar-refractivity contribution in [3.63, 3.8) is 0 Å². The minimum absolute atomic E-state index is 0.0677. The second-order valence-electron chi connectivity index (χ2n) is 6.62. The van der Waals surface area contributed by atoms with Crippen molar-refractivity contribution in [3.05, 3.63) is 22.2 Å². The van der Waals surface area contributed by atoms with Gasteiger partial charge in [-0.2, -0.15) is 0 Å². The number of rotatable bonds is 6. The third-order valence-corrected chi connectivity index (χ3v) is 4.74. The van der Waals surface area contributed by atoms with Gasteiger partial charge in [-0.15, -0.1) is 0 Å². The molecule has 0 amide bonds. The fraction of sp³-hybridized carbons (Fsp3) is 0.556. The zero-order chi connectivity index (χ0) is 19.0. The highest BCUT2D eigenvalue weighted by Gasteiger charge is 2.35. The molecule has 0 spiro atoms. The molecule has 1 aliphatic carbocycles. The second-order valence-corrected chi connectivity index (χ2v) is 7.43. The van der Waals surface area contributed by atoms with Crippen molar-refractivity contribution in [2.24, 2.45) is 5.41 Å². The monoisotopic (exact) mass is 389 g/mol. The van der Waals surface area contributed by atoms with Crippen molar-refractivity contribution in [1.82, 2.24) is 0 Å². The number of carbonyl (C=O) groups excluding carboxylic acids is 1. The Hall–Kier alpha value is -1.46. The van der Waals surface area contributed by atoms with Crippen molar-refractivity contribution >= 4 is 41.1 Å². The predicted molar refractivity (Wildman–Crippen MR) is 100 cm³/mol. The van der Waals surface area contributed by atoms with E-state index in [0.29, 0.717) is 27.9 Å². The minimum Gasteiger partial charge on any atom is -0.489 e. The number of hydrogen-bond donors (Lipinski definition) is 2. The summed E-state index contributed by atoms with van der Waals surface area (Å²) in [6.07, 6.45) is 5.44. The Bertz CT molecular complexity index is 599. The van der Waals surface area contributed by atoms with Gasteiger partial charge in [-0.25, -0.2) is 0 Å². The Kier molecular flexibility index (Phi) is 8.53. The molecule has 0 aromatic heterocycles. The maximum atomic E-state index is 10.5. The SMILES string of the molecule is CC(C)Oc1cc(N)c(Cl)cc1Cl.O=CCC1(CC(=O)O)CCCC1. The number of carboxylic acid groups (broad SMARTS) is 1. The van der Waals surface area contributed by atoms with Crippen molar-refractivity contribution in [1.29, 1.82) is 0 Å². The summed E-state index contributed by atoms with van der Waals surface area (Å²) >= 11 is 11.6. The highest BCUT2D eigenvalue weighted by atomic mass is 35.5. The van der Waals surface area contributed by atoms with E-state index in [1.807, 2.05) is 13.8 Å². The number of nitrogen functional groups attached to an aromatic ring is 1. The number of hydrogen-bond acceptors (Lipinski definition) is 4. The average molecular weight is 390 g/mol. The molecule has 0 bridgehead atoms. The fourth-order valence-corrected chi connectivity index (χ4v) is 3.39. The van der Waals surface area contributed by atoms with Crippen LogP contribution in [0.2, 0.25) is 10.0 Å². The van der Waals surface area contributed by atoms with E-state index in [2.05, 4.69) is 0 Å². The maximum absolute atomic E-state index is 10.5. The molecule has 0 saturated heterocycles. The molecule has 1 aliphatic rings. The molecule has 1 fully saturated rings. The van der Waals surface area contributed by atoms with Crippen molar-refractivity contribution in [2.75, 3.05) is 5.73 Å². The number of aldehydes is 1. The first-order chi connectivity index (χ1) is 11.7. The molecule has 1 aromatic rings. The Balaban J connectivity index is 0.000000251. The van der Waals surface area contributed by atoms with Crippen LogP contribution < -0.4 is 10.5 Å². The zero-order valence-electron chi connectivity index (χ0n) is 14.6. The molecule has 1 aromatic carbocycles. The highest BCUT2D eigenvalue weighted by Crippen LogP contribution is 2.43. The molecule has 2 rings (SSSR count). The number of ether oxygens (including phenoxy) is 1. The lowest BCUT2D eigenvalue weighted by Gasteiger charge is -2.23. The number of aliphatic carboxylic acids is 1. The van der Waals surface area contributed by atoms with Gasteiger partial charge in [0.25, 0.3) is 0 Å². The number of carboxylic acids is 1. The van der Waals surface area contributed by atoms with Crippen molar-refractivity contribution in [2.45, 2.75) is 58.5 Å². The van der Waals surface area contributed by atoms with Gasteiger partial charge >= 0.3 is 5.97 Å². The summed E-state index contributed by atoms with van der Waals surface area (Å²) in [5.41, 5.74) is 5.87. The van der Waals surface area contributed by atoms with Crippen LogP contribution >= 0.6 is 23.2 Å². The topological polar surface area (TPSA) is 89.6 Å². The summed E-state index contributed by atoms with van der Waals surface area (Å²) in [7, 11) is 0. The van der Waals surface area contributed by atoms with Crippen molar-refractivity contribution < 1.29 is 19.4 Å². The molecule has 0 atom stereocenters. The van der Waals surface area contributed by atoms with Gasteiger partial charge in [0.2, 0.25) is 0 Å². The fourth-order valence-electron chi connectivity index (χ4n) is 2.96. The van der Waals surface area contributed by atoms with Crippen LogP contribution in [0.3, 0.4) is 0 Å². The molecular formula is C18H25Cl2NO4. The third-order valence-electron chi connectivity index (χ3n) is 4.12. The first-order valence-corrected chi connectivity index (χ1v) is 9.01. The standard InChI is InChI=1S/C9H11Cl2NO.C9H14O3/c1-5(2)13-9-4-8(12)6(10)3-7(9)11;10-6-5-9(7-8(11)12)3-1-2-4-9/h3-5H,12H2,1-2H3;6H,1-5,7H2,(H,11,12). The molecular weight excluding hydrogens is 365 g/mol. The van der Waals surface area contributed by atoms with Gasteiger partial charge < -0.3 is 20.4 Å². The largest absolute Gasteiger partial charge is 0.489 e. The summed E-state index contributed by atoms with van der Waals surface area (Å²) in [4.78, 5) is 20.9. The maximum Gasteiger partial charge on any atom is 0.303 e. The molecule has 25 heavy (non-hydrogen) atoms. The normalized spacial score (nSPS) is 15.4. The number of nitrogens with two attached hydrogens (primary N) is 1. The zero-order valence-corrected chi connectivity index (χ0v) is 16.1. The Labute approximate surface area is 158 Å². The predicted octanol–water partition coefficient (Wildman–Crippen LogP) is 4.97. The van der Waals surface area contributed by atoms with E-state index in [1.165, 1.54) is 0 Å². The lowest BCUT2D eigenvalue weighted by Crippen LogP contribution is -2.21. The third kappa shape index (κ3) is 7.12. The first kappa shape index (κ1) is 21.6. The Morgan fingerprint density at radius 2 is 1.92 bits per heavy atom. The van der Waals surface area contributed by atoms with Gasteiger partial charge in [0.1, 0.15) is 12.0 Å².